The molecule has 0 aromatic heterocycles. The number of rotatable bonds is 14. The second-order valence-electron chi connectivity index (χ2n) is 8.93. The summed E-state index contributed by atoms with van der Waals surface area (Å²) in [6.45, 7) is 2.69. The molecular weight excluding hydrogens is 524 g/mol. The molecule has 0 unspecified atom stereocenters. The van der Waals surface area contributed by atoms with Crippen molar-refractivity contribution >= 4 is 5.97 Å². The normalized spacial score (nSPS) is 10.4. The zero-order valence-corrected chi connectivity index (χ0v) is 23.7. The molecule has 0 N–H and O–H groups in total. The van der Waals surface area contributed by atoms with Crippen LogP contribution in [0.4, 0.5) is 0 Å². The van der Waals surface area contributed by atoms with Gasteiger partial charge in [0, 0.05) is 0 Å². The predicted octanol–water partition coefficient (Wildman–Crippen LogP) is 6.63. The van der Waals surface area contributed by atoms with Crippen molar-refractivity contribution in [2.24, 2.45) is 0 Å². The summed E-state index contributed by atoms with van der Waals surface area (Å²) in [4.78, 5) is 12.8. The van der Waals surface area contributed by atoms with Gasteiger partial charge in [-0.1, -0.05) is 36.4 Å². The van der Waals surface area contributed by atoms with E-state index in [0.29, 0.717) is 17.2 Å². The quantitative estimate of drug-likeness (QED) is 0.160. The minimum absolute atomic E-state index is 0.229. The van der Waals surface area contributed by atoms with E-state index in [0.717, 1.165) is 33.9 Å². The Kier molecular flexibility index (Phi) is 10.3. The van der Waals surface area contributed by atoms with Crippen LogP contribution in [-0.4, -0.2) is 33.9 Å². The maximum Gasteiger partial charge on any atom is 0.338 e. The second-order valence-corrected chi connectivity index (χ2v) is 8.93. The number of carbonyl (C=O) groups excluding carboxylic acids is 1. The maximum absolute atomic E-state index is 12.8. The Labute approximate surface area is 240 Å². The molecule has 4 rings (SSSR count). The number of ether oxygens (including phenoxy) is 7. The summed E-state index contributed by atoms with van der Waals surface area (Å²) >= 11 is 0. The van der Waals surface area contributed by atoms with Gasteiger partial charge in [0.1, 0.15) is 37.1 Å². The van der Waals surface area contributed by atoms with Crippen LogP contribution in [0.2, 0.25) is 0 Å². The van der Waals surface area contributed by atoms with Crippen LogP contribution >= 0.6 is 0 Å². The van der Waals surface area contributed by atoms with Gasteiger partial charge in [0.15, 0.2) is 11.5 Å². The van der Waals surface area contributed by atoms with Crippen molar-refractivity contribution < 1.29 is 38.0 Å². The van der Waals surface area contributed by atoms with Gasteiger partial charge in [-0.2, -0.15) is 0 Å². The van der Waals surface area contributed by atoms with Crippen molar-refractivity contribution in [3.8, 4) is 34.5 Å². The van der Waals surface area contributed by atoms with E-state index in [1.165, 1.54) is 0 Å². The number of methoxy groups -OCH3 is 3. The van der Waals surface area contributed by atoms with Gasteiger partial charge in [-0.3, -0.25) is 0 Å². The van der Waals surface area contributed by atoms with Gasteiger partial charge in [0.25, 0.3) is 0 Å². The summed E-state index contributed by atoms with van der Waals surface area (Å²) in [7, 11) is 4.86. The van der Waals surface area contributed by atoms with Crippen LogP contribution in [0.5, 0.6) is 34.5 Å². The first-order valence-electron chi connectivity index (χ1n) is 13.1. The second kappa shape index (κ2) is 14.5. The summed E-state index contributed by atoms with van der Waals surface area (Å²) < 4.78 is 39.8. The van der Waals surface area contributed by atoms with E-state index in [9.17, 15) is 4.79 Å². The lowest BCUT2D eigenvalue weighted by Crippen LogP contribution is -2.09. The lowest BCUT2D eigenvalue weighted by atomic mass is 10.1. The van der Waals surface area contributed by atoms with Crippen LogP contribution in [0.1, 0.15) is 34.0 Å². The Hall–Kier alpha value is -4.85. The van der Waals surface area contributed by atoms with E-state index in [1.807, 2.05) is 72.8 Å². The molecule has 0 spiro atoms. The molecule has 0 heterocycles. The molecule has 0 aliphatic carbocycles. The van der Waals surface area contributed by atoms with Crippen LogP contribution in [0.25, 0.3) is 0 Å². The van der Waals surface area contributed by atoms with Crippen molar-refractivity contribution in [2.45, 2.75) is 26.7 Å². The molecule has 0 radical (unpaired) electrons. The fourth-order valence-electron chi connectivity index (χ4n) is 3.91. The molecule has 8 heteroatoms. The highest BCUT2D eigenvalue weighted by Gasteiger charge is 2.20. The molecular formula is C33H34O8. The van der Waals surface area contributed by atoms with Gasteiger partial charge < -0.3 is 33.2 Å². The van der Waals surface area contributed by atoms with Crippen molar-refractivity contribution in [2.75, 3.05) is 27.9 Å². The zero-order valence-electron chi connectivity index (χ0n) is 23.7. The first-order valence-corrected chi connectivity index (χ1v) is 13.1. The minimum atomic E-state index is -0.488. The first-order chi connectivity index (χ1) is 20.0. The number of hydrogen-bond acceptors (Lipinski definition) is 8. The van der Waals surface area contributed by atoms with Crippen LogP contribution in [0.3, 0.4) is 0 Å². The summed E-state index contributed by atoms with van der Waals surface area (Å²) in [6.07, 6.45) is 0. The average molecular weight is 559 g/mol. The molecule has 8 nitrogen and oxygen atoms in total. The van der Waals surface area contributed by atoms with Crippen LogP contribution in [0.15, 0.2) is 84.9 Å². The van der Waals surface area contributed by atoms with Gasteiger partial charge in [-0.25, -0.2) is 4.79 Å². The topological polar surface area (TPSA) is 81.7 Å². The first kappa shape index (κ1) is 29.1. The molecule has 0 aliphatic rings. The van der Waals surface area contributed by atoms with Crippen LogP contribution in [-0.2, 0) is 24.6 Å². The molecule has 214 valence electrons. The summed E-state index contributed by atoms with van der Waals surface area (Å²) in [6, 6.07) is 25.9. The van der Waals surface area contributed by atoms with Crippen molar-refractivity contribution in [1.82, 2.24) is 0 Å². The number of esters is 1. The van der Waals surface area contributed by atoms with Gasteiger partial charge >= 0.3 is 5.97 Å². The van der Waals surface area contributed by atoms with E-state index in [2.05, 4.69) is 0 Å². The maximum atomic E-state index is 12.8. The number of benzene rings is 4. The Morgan fingerprint density at radius 3 is 1.27 bits per heavy atom. The third-order valence-electron chi connectivity index (χ3n) is 6.18. The van der Waals surface area contributed by atoms with Crippen LogP contribution in [0, 0.1) is 0 Å². The van der Waals surface area contributed by atoms with Gasteiger partial charge in [0.05, 0.1) is 33.5 Å². The standard InChI is InChI=1S/C33H34O8/c1-5-38-33(34)26-18-30(39-20-23-6-12-27(35-2)13-7-23)32(41-22-25-10-16-29(37-4)17-11-25)31(19-26)40-21-24-8-14-28(36-3)15-9-24/h6-19H,5,20-22H2,1-4H3. The van der Waals surface area contributed by atoms with E-state index in [1.54, 1.807) is 40.4 Å². The molecule has 0 fully saturated rings. The lowest BCUT2D eigenvalue weighted by molar-refractivity contribution is 0.0525. The highest BCUT2D eigenvalue weighted by atomic mass is 16.5. The Morgan fingerprint density at radius 1 is 0.561 bits per heavy atom. The third-order valence-corrected chi connectivity index (χ3v) is 6.18. The molecule has 0 atom stereocenters. The minimum Gasteiger partial charge on any atom is -0.497 e. The molecule has 0 saturated carbocycles. The molecule has 0 amide bonds. The predicted molar refractivity (Wildman–Crippen MR) is 154 cm³/mol. The highest BCUT2D eigenvalue weighted by Crippen LogP contribution is 2.41. The third kappa shape index (κ3) is 8.08. The monoisotopic (exact) mass is 558 g/mol. The highest BCUT2D eigenvalue weighted by molar-refractivity contribution is 5.91. The Balaban J connectivity index is 1.66. The Morgan fingerprint density at radius 2 is 0.927 bits per heavy atom. The molecule has 0 aliphatic heterocycles. The summed E-state index contributed by atoms with van der Waals surface area (Å²) in [5.74, 6) is 2.83. The summed E-state index contributed by atoms with van der Waals surface area (Å²) in [5, 5.41) is 0. The average Bonchev–Trinajstić information content (AvgIpc) is 3.02. The molecule has 4 aromatic rings. The Bertz CT molecular complexity index is 1320. The fourth-order valence-corrected chi connectivity index (χ4v) is 3.91. The number of hydrogen-bond donors (Lipinski definition) is 0. The van der Waals surface area contributed by atoms with Crippen molar-refractivity contribution in [1.29, 1.82) is 0 Å². The largest absolute Gasteiger partial charge is 0.497 e. The molecule has 0 saturated heterocycles. The summed E-state index contributed by atoms with van der Waals surface area (Å²) in [5.41, 5.74) is 3.03. The van der Waals surface area contributed by atoms with Gasteiger partial charge in [-0.15, -0.1) is 0 Å². The van der Waals surface area contributed by atoms with Gasteiger partial charge in [-0.05, 0) is 72.1 Å². The van der Waals surface area contributed by atoms with E-state index in [-0.39, 0.29) is 32.0 Å². The smallest absolute Gasteiger partial charge is 0.338 e. The lowest BCUT2D eigenvalue weighted by Gasteiger charge is -2.19. The van der Waals surface area contributed by atoms with E-state index >= 15 is 0 Å². The van der Waals surface area contributed by atoms with E-state index in [4.69, 9.17) is 33.2 Å². The van der Waals surface area contributed by atoms with Crippen molar-refractivity contribution in [3.05, 3.63) is 107 Å². The van der Waals surface area contributed by atoms with Crippen molar-refractivity contribution in [3.63, 3.8) is 0 Å². The fraction of sp³-hybridized carbons (Fsp3) is 0.242. The molecule has 4 aromatic carbocycles. The SMILES string of the molecule is CCOC(=O)c1cc(OCc2ccc(OC)cc2)c(OCc2ccc(OC)cc2)c(OCc2ccc(OC)cc2)c1. The number of carbonyl (C=O) groups is 1. The molecule has 0 bridgehead atoms. The zero-order chi connectivity index (χ0) is 29.0. The molecule has 41 heavy (non-hydrogen) atoms. The van der Waals surface area contributed by atoms with Crippen LogP contribution < -0.4 is 28.4 Å². The van der Waals surface area contributed by atoms with Gasteiger partial charge in [0.2, 0.25) is 5.75 Å². The van der Waals surface area contributed by atoms with E-state index < -0.39 is 5.97 Å².